The van der Waals surface area contributed by atoms with Crippen LogP contribution in [-0.4, -0.2) is 16.5 Å². The smallest absolute Gasteiger partial charge is 0.166 e. The maximum absolute atomic E-state index is 12.4. The van der Waals surface area contributed by atoms with Crippen LogP contribution in [0.1, 0.15) is 18.1 Å². The van der Waals surface area contributed by atoms with E-state index in [4.69, 9.17) is 4.42 Å². The third kappa shape index (κ3) is 1.71. The molecule has 1 N–H and O–H groups in total. The monoisotopic (exact) mass is 304 g/mol. The van der Waals surface area contributed by atoms with Crippen molar-refractivity contribution < 1.29 is 14.3 Å². The van der Waals surface area contributed by atoms with Gasteiger partial charge in [-0.25, -0.2) is 0 Å². The molecule has 0 saturated carbocycles. The van der Waals surface area contributed by atoms with E-state index in [0.717, 1.165) is 16.7 Å². The summed E-state index contributed by atoms with van der Waals surface area (Å²) in [7, 11) is 0. The van der Waals surface area contributed by atoms with Gasteiger partial charge in [0.25, 0.3) is 0 Å². The van der Waals surface area contributed by atoms with Gasteiger partial charge in [0, 0.05) is 5.56 Å². The summed E-state index contributed by atoms with van der Waals surface area (Å²) in [5.74, 6) is -0.305. The summed E-state index contributed by atoms with van der Waals surface area (Å²) < 4.78 is 5.71. The Hall–Kier alpha value is -2.65. The van der Waals surface area contributed by atoms with Crippen molar-refractivity contribution in [2.24, 2.45) is 0 Å². The molecule has 2 heterocycles. The quantitative estimate of drug-likeness (QED) is 0.804. The summed E-state index contributed by atoms with van der Waals surface area (Å²) in [6, 6.07) is 15.3. The van der Waals surface area contributed by atoms with Crippen LogP contribution >= 0.6 is 0 Å². The zero-order valence-corrected chi connectivity index (χ0v) is 12.7. The Balaban J connectivity index is 2.09. The van der Waals surface area contributed by atoms with Gasteiger partial charge in [-0.1, -0.05) is 48.6 Å². The largest absolute Gasteiger partial charge is 0.457 e. The summed E-state index contributed by atoms with van der Waals surface area (Å²) in [6.45, 7) is 1.42. The standard InChI is InChI=1S/C20H16O3/c1-14(21)20(22)12-6-5-11-19(20,15-7-3-2-4-8-15)17-13-16-9-10-18(17)23-16/h2-13,22H,1H3/t19-,20+/m1/s1. The fourth-order valence-electron chi connectivity index (χ4n) is 3.61. The Kier molecular flexibility index (Phi) is 2.84. The van der Waals surface area contributed by atoms with Crippen LogP contribution < -0.4 is 0 Å². The van der Waals surface area contributed by atoms with Gasteiger partial charge in [0.05, 0.1) is 5.41 Å². The molecule has 1 aliphatic rings. The van der Waals surface area contributed by atoms with E-state index in [9.17, 15) is 9.90 Å². The molecule has 0 saturated heterocycles. The van der Waals surface area contributed by atoms with Gasteiger partial charge >= 0.3 is 0 Å². The lowest BCUT2D eigenvalue weighted by Gasteiger charge is -2.44. The Morgan fingerprint density at radius 1 is 1.04 bits per heavy atom. The van der Waals surface area contributed by atoms with Crippen molar-refractivity contribution in [1.29, 1.82) is 0 Å². The number of aliphatic hydroxyl groups is 1. The third-order valence-corrected chi connectivity index (χ3v) is 4.77. The Bertz CT molecular complexity index is 919. The average Bonchev–Trinajstić information content (AvgIpc) is 3.19. The SMILES string of the molecule is CC(=O)[C@@]1(O)C=CC=C[C@@]1(c1ccccc1)c1cc2ccc1o2. The van der Waals surface area contributed by atoms with Crippen LogP contribution in [0.4, 0.5) is 0 Å². The molecule has 4 rings (SSSR count). The molecule has 2 aromatic heterocycles. The van der Waals surface area contributed by atoms with Gasteiger partial charge < -0.3 is 9.52 Å². The molecule has 0 fully saturated rings. The molecule has 1 aromatic carbocycles. The molecule has 0 amide bonds. The molecule has 23 heavy (non-hydrogen) atoms. The first-order valence-corrected chi connectivity index (χ1v) is 7.56. The Labute approximate surface area is 133 Å². The molecule has 2 atom stereocenters. The van der Waals surface area contributed by atoms with Crippen molar-refractivity contribution in [2.45, 2.75) is 17.9 Å². The summed E-state index contributed by atoms with van der Waals surface area (Å²) in [4.78, 5) is 12.4. The number of rotatable bonds is 3. The topological polar surface area (TPSA) is 50.4 Å². The van der Waals surface area contributed by atoms with Crippen molar-refractivity contribution >= 4 is 16.9 Å². The number of furan rings is 2. The highest BCUT2D eigenvalue weighted by Crippen LogP contribution is 2.49. The molecular formula is C20H16O3. The maximum atomic E-state index is 12.4. The number of ketones is 1. The molecule has 2 bridgehead atoms. The highest BCUT2D eigenvalue weighted by Gasteiger charge is 2.55. The van der Waals surface area contributed by atoms with E-state index in [-0.39, 0.29) is 5.78 Å². The van der Waals surface area contributed by atoms with Crippen LogP contribution in [0.3, 0.4) is 0 Å². The molecule has 0 spiro atoms. The third-order valence-electron chi connectivity index (χ3n) is 4.77. The summed E-state index contributed by atoms with van der Waals surface area (Å²) in [5, 5.41) is 11.4. The van der Waals surface area contributed by atoms with Gasteiger partial charge in [0.2, 0.25) is 0 Å². The highest BCUT2D eigenvalue weighted by molar-refractivity contribution is 5.93. The zero-order chi connectivity index (χ0) is 16.1. The summed E-state index contributed by atoms with van der Waals surface area (Å²) >= 11 is 0. The maximum Gasteiger partial charge on any atom is 0.166 e. The number of hydrogen-bond acceptors (Lipinski definition) is 3. The molecular weight excluding hydrogens is 288 g/mol. The lowest BCUT2D eigenvalue weighted by atomic mass is 9.60. The fourth-order valence-corrected chi connectivity index (χ4v) is 3.61. The Morgan fingerprint density at radius 3 is 2.39 bits per heavy atom. The lowest BCUT2D eigenvalue weighted by Crippen LogP contribution is -2.55. The minimum absolute atomic E-state index is 0.305. The first kappa shape index (κ1) is 14.0. The van der Waals surface area contributed by atoms with Crippen molar-refractivity contribution in [1.82, 2.24) is 0 Å². The van der Waals surface area contributed by atoms with Crippen LogP contribution in [0.15, 0.2) is 77.3 Å². The minimum atomic E-state index is -1.66. The predicted molar refractivity (Wildman–Crippen MR) is 88.5 cm³/mol. The number of allylic oxidation sites excluding steroid dienone is 2. The summed E-state index contributed by atoms with van der Waals surface area (Å²) in [5.41, 5.74) is 0.408. The van der Waals surface area contributed by atoms with E-state index in [2.05, 4.69) is 0 Å². The van der Waals surface area contributed by atoms with E-state index in [1.54, 1.807) is 12.2 Å². The minimum Gasteiger partial charge on any atom is -0.457 e. The van der Waals surface area contributed by atoms with Crippen molar-refractivity contribution in [3.05, 3.63) is 84.0 Å². The van der Waals surface area contributed by atoms with Crippen molar-refractivity contribution in [3.8, 4) is 0 Å². The Morgan fingerprint density at radius 2 is 1.78 bits per heavy atom. The first-order chi connectivity index (χ1) is 11.1. The second kappa shape index (κ2) is 4.67. The molecule has 114 valence electrons. The highest BCUT2D eigenvalue weighted by atomic mass is 16.3. The molecule has 0 radical (unpaired) electrons. The van der Waals surface area contributed by atoms with E-state index < -0.39 is 11.0 Å². The summed E-state index contributed by atoms with van der Waals surface area (Å²) in [6.07, 6.45) is 7.04. The van der Waals surface area contributed by atoms with E-state index in [1.165, 1.54) is 6.92 Å². The van der Waals surface area contributed by atoms with Gasteiger partial charge in [-0.3, -0.25) is 4.79 Å². The lowest BCUT2D eigenvalue weighted by molar-refractivity contribution is -0.134. The zero-order valence-electron chi connectivity index (χ0n) is 12.7. The van der Waals surface area contributed by atoms with Gasteiger partial charge in [0.1, 0.15) is 11.2 Å². The molecule has 3 heteroatoms. The first-order valence-electron chi connectivity index (χ1n) is 7.56. The van der Waals surface area contributed by atoms with Gasteiger partial charge in [-0.05, 0) is 36.8 Å². The molecule has 0 aliphatic heterocycles. The molecule has 3 nitrogen and oxygen atoms in total. The molecule has 3 aromatic rings. The van der Waals surface area contributed by atoms with E-state index in [1.807, 2.05) is 60.7 Å². The molecule has 0 unspecified atom stereocenters. The average molecular weight is 304 g/mol. The second-order valence-corrected chi connectivity index (χ2v) is 5.97. The second-order valence-electron chi connectivity index (χ2n) is 5.97. The van der Waals surface area contributed by atoms with Crippen molar-refractivity contribution in [2.75, 3.05) is 0 Å². The number of benzene rings is 2. The van der Waals surface area contributed by atoms with E-state index >= 15 is 0 Å². The fraction of sp³-hybridized carbons (Fsp3) is 0.150. The number of carbonyl (C=O) groups excluding carboxylic acids is 1. The van der Waals surface area contributed by atoms with Crippen LogP contribution in [0, 0.1) is 0 Å². The van der Waals surface area contributed by atoms with Crippen LogP contribution in [0.25, 0.3) is 11.2 Å². The normalized spacial score (nSPS) is 26.9. The predicted octanol–water partition coefficient (Wildman–Crippen LogP) is 3.60. The molecule has 1 aliphatic carbocycles. The van der Waals surface area contributed by atoms with E-state index in [0.29, 0.717) is 5.58 Å². The van der Waals surface area contributed by atoms with Crippen LogP contribution in [0.5, 0.6) is 0 Å². The number of carbonyl (C=O) groups is 1. The van der Waals surface area contributed by atoms with Crippen LogP contribution in [0.2, 0.25) is 0 Å². The van der Waals surface area contributed by atoms with Gasteiger partial charge in [-0.15, -0.1) is 0 Å². The van der Waals surface area contributed by atoms with Crippen molar-refractivity contribution in [3.63, 3.8) is 0 Å². The number of fused-ring (bicyclic) bond motifs is 2. The van der Waals surface area contributed by atoms with Gasteiger partial charge in [-0.2, -0.15) is 0 Å². The van der Waals surface area contributed by atoms with Crippen LogP contribution in [-0.2, 0) is 10.2 Å². The van der Waals surface area contributed by atoms with Gasteiger partial charge in [0.15, 0.2) is 11.4 Å². The number of Topliss-reactive ketones (excluding diaryl/α,β-unsaturated/α-hetero) is 1. The number of hydrogen-bond donors (Lipinski definition) is 1.